The van der Waals surface area contributed by atoms with Gasteiger partial charge in [-0.15, -0.1) is 10.2 Å². The van der Waals surface area contributed by atoms with Crippen LogP contribution >= 0.6 is 0 Å². The quantitative estimate of drug-likeness (QED) is 0.746. The molecular formula is C13H19N5. The minimum Gasteiger partial charge on any atom is -0.312 e. The zero-order valence-corrected chi connectivity index (χ0v) is 10.8. The lowest BCUT2D eigenvalue weighted by molar-refractivity contribution is 0.183. The molecule has 2 heterocycles. The monoisotopic (exact) mass is 245 g/mol. The van der Waals surface area contributed by atoms with E-state index in [2.05, 4.69) is 32.7 Å². The Kier molecular flexibility index (Phi) is 3.04. The van der Waals surface area contributed by atoms with Crippen LogP contribution in [0.3, 0.4) is 0 Å². The highest BCUT2D eigenvalue weighted by Gasteiger charge is 2.31. The number of nitrogens with zero attached hydrogens (tertiary/aromatic N) is 5. The van der Waals surface area contributed by atoms with E-state index in [1.165, 1.54) is 31.5 Å². The van der Waals surface area contributed by atoms with Gasteiger partial charge >= 0.3 is 0 Å². The van der Waals surface area contributed by atoms with Gasteiger partial charge in [-0.05, 0) is 19.8 Å². The first kappa shape index (κ1) is 11.7. The van der Waals surface area contributed by atoms with Crippen molar-refractivity contribution in [3.05, 3.63) is 11.6 Å². The molecule has 0 N–H and O–H groups in total. The molecule has 0 aromatic carbocycles. The number of nitriles is 1. The minimum absolute atomic E-state index is 0.209. The summed E-state index contributed by atoms with van der Waals surface area (Å²) < 4.78 is 2.30. The standard InChI is InChI=1S/C13H19N5/c1-10-12-15-16-13(11-4-2-3-5-11)18(12)9-8-17(10)7-6-14/h10-11H,2-5,7-9H2,1H3. The summed E-state index contributed by atoms with van der Waals surface area (Å²) in [5.74, 6) is 2.84. The van der Waals surface area contributed by atoms with E-state index in [-0.39, 0.29) is 6.04 Å². The summed E-state index contributed by atoms with van der Waals surface area (Å²) in [5, 5.41) is 17.6. The first-order valence-corrected chi connectivity index (χ1v) is 6.85. The van der Waals surface area contributed by atoms with Gasteiger partial charge in [-0.25, -0.2) is 0 Å². The van der Waals surface area contributed by atoms with Gasteiger partial charge in [-0.2, -0.15) is 5.26 Å². The SMILES string of the molecule is CC1c2nnc(C3CCCC3)n2CCN1CC#N. The van der Waals surface area contributed by atoms with Crippen LogP contribution in [0.25, 0.3) is 0 Å². The van der Waals surface area contributed by atoms with Crippen LogP contribution in [-0.4, -0.2) is 32.8 Å². The number of fused-ring (bicyclic) bond motifs is 1. The molecular weight excluding hydrogens is 226 g/mol. The Morgan fingerprint density at radius 1 is 1.22 bits per heavy atom. The van der Waals surface area contributed by atoms with Gasteiger partial charge in [0, 0.05) is 19.0 Å². The predicted molar refractivity (Wildman–Crippen MR) is 66.8 cm³/mol. The summed E-state index contributed by atoms with van der Waals surface area (Å²) in [6.07, 6.45) is 5.16. The van der Waals surface area contributed by atoms with E-state index < -0.39 is 0 Å². The van der Waals surface area contributed by atoms with E-state index in [4.69, 9.17) is 5.26 Å². The Morgan fingerprint density at radius 3 is 2.67 bits per heavy atom. The fourth-order valence-electron chi connectivity index (χ4n) is 3.24. The fraction of sp³-hybridized carbons (Fsp3) is 0.769. The topological polar surface area (TPSA) is 57.7 Å². The van der Waals surface area contributed by atoms with Crippen molar-refractivity contribution < 1.29 is 0 Å². The summed E-state index contributed by atoms with van der Waals surface area (Å²) in [6, 6.07) is 2.44. The highest BCUT2D eigenvalue weighted by Crippen LogP contribution is 2.35. The zero-order chi connectivity index (χ0) is 12.5. The third-order valence-corrected chi connectivity index (χ3v) is 4.33. The van der Waals surface area contributed by atoms with Crippen LogP contribution in [0.15, 0.2) is 0 Å². The second kappa shape index (κ2) is 4.69. The molecule has 2 aliphatic rings. The van der Waals surface area contributed by atoms with Crippen molar-refractivity contribution in [3.8, 4) is 6.07 Å². The van der Waals surface area contributed by atoms with Crippen LogP contribution in [0, 0.1) is 11.3 Å². The largest absolute Gasteiger partial charge is 0.312 e. The van der Waals surface area contributed by atoms with Gasteiger partial charge in [0.15, 0.2) is 0 Å². The van der Waals surface area contributed by atoms with Crippen molar-refractivity contribution in [2.24, 2.45) is 0 Å². The van der Waals surface area contributed by atoms with Crippen molar-refractivity contribution in [1.29, 1.82) is 5.26 Å². The Balaban J connectivity index is 1.87. The third-order valence-electron chi connectivity index (χ3n) is 4.33. The molecule has 0 spiro atoms. The Bertz CT molecular complexity index is 466. The summed E-state index contributed by atoms with van der Waals surface area (Å²) in [5.41, 5.74) is 0. The second-order valence-electron chi connectivity index (χ2n) is 5.35. The van der Waals surface area contributed by atoms with E-state index in [0.29, 0.717) is 12.5 Å². The van der Waals surface area contributed by atoms with Crippen LogP contribution in [0.5, 0.6) is 0 Å². The van der Waals surface area contributed by atoms with Gasteiger partial charge < -0.3 is 4.57 Å². The molecule has 1 atom stereocenters. The maximum atomic E-state index is 8.83. The molecule has 0 amide bonds. The lowest BCUT2D eigenvalue weighted by Gasteiger charge is -2.32. The molecule has 0 saturated heterocycles. The molecule has 0 radical (unpaired) electrons. The van der Waals surface area contributed by atoms with Gasteiger partial charge in [0.2, 0.25) is 0 Å². The van der Waals surface area contributed by atoms with Crippen LogP contribution in [-0.2, 0) is 6.54 Å². The van der Waals surface area contributed by atoms with E-state index in [1.54, 1.807) is 0 Å². The molecule has 3 rings (SSSR count). The van der Waals surface area contributed by atoms with Crippen molar-refractivity contribution in [2.75, 3.05) is 13.1 Å². The van der Waals surface area contributed by atoms with Crippen molar-refractivity contribution in [1.82, 2.24) is 19.7 Å². The molecule has 1 fully saturated rings. The van der Waals surface area contributed by atoms with Gasteiger partial charge in [-0.3, -0.25) is 4.90 Å². The zero-order valence-electron chi connectivity index (χ0n) is 10.8. The van der Waals surface area contributed by atoms with Crippen LogP contribution in [0.2, 0.25) is 0 Å². The average molecular weight is 245 g/mol. The average Bonchev–Trinajstić information content (AvgIpc) is 3.00. The summed E-state index contributed by atoms with van der Waals surface area (Å²) in [7, 11) is 0. The van der Waals surface area contributed by atoms with Crippen molar-refractivity contribution >= 4 is 0 Å². The van der Waals surface area contributed by atoms with E-state index >= 15 is 0 Å². The van der Waals surface area contributed by atoms with Crippen molar-refractivity contribution in [3.63, 3.8) is 0 Å². The number of hydrogen-bond acceptors (Lipinski definition) is 4. The molecule has 96 valence electrons. The highest BCUT2D eigenvalue weighted by atomic mass is 15.4. The van der Waals surface area contributed by atoms with Crippen LogP contribution in [0.4, 0.5) is 0 Å². The first-order chi connectivity index (χ1) is 8.81. The van der Waals surface area contributed by atoms with Gasteiger partial charge in [0.25, 0.3) is 0 Å². The Morgan fingerprint density at radius 2 is 1.94 bits per heavy atom. The molecule has 1 saturated carbocycles. The summed E-state index contributed by atoms with van der Waals surface area (Å²) >= 11 is 0. The van der Waals surface area contributed by atoms with Gasteiger partial charge in [0.05, 0.1) is 18.7 Å². The molecule has 5 heteroatoms. The molecule has 1 aromatic rings. The Labute approximate surface area is 107 Å². The predicted octanol–water partition coefficient (Wildman–Crippen LogP) is 1.84. The number of hydrogen-bond donors (Lipinski definition) is 0. The van der Waals surface area contributed by atoms with E-state index in [1.807, 2.05) is 0 Å². The van der Waals surface area contributed by atoms with Crippen LogP contribution in [0.1, 0.15) is 56.2 Å². The number of rotatable bonds is 2. The molecule has 1 unspecified atom stereocenters. The molecule has 1 aliphatic carbocycles. The first-order valence-electron chi connectivity index (χ1n) is 6.85. The minimum atomic E-state index is 0.209. The lowest BCUT2D eigenvalue weighted by Crippen LogP contribution is -2.37. The molecule has 0 bridgehead atoms. The number of aromatic nitrogens is 3. The fourth-order valence-corrected chi connectivity index (χ4v) is 3.24. The van der Waals surface area contributed by atoms with Gasteiger partial charge in [0.1, 0.15) is 11.6 Å². The molecule has 1 aromatic heterocycles. The van der Waals surface area contributed by atoms with Gasteiger partial charge in [-0.1, -0.05) is 12.8 Å². The summed E-state index contributed by atoms with van der Waals surface area (Å²) in [6.45, 7) is 4.46. The Hall–Kier alpha value is -1.41. The molecule has 1 aliphatic heterocycles. The van der Waals surface area contributed by atoms with E-state index in [0.717, 1.165) is 18.9 Å². The highest BCUT2D eigenvalue weighted by molar-refractivity contribution is 5.09. The molecule has 18 heavy (non-hydrogen) atoms. The maximum absolute atomic E-state index is 8.83. The lowest BCUT2D eigenvalue weighted by atomic mass is 10.1. The second-order valence-corrected chi connectivity index (χ2v) is 5.35. The normalized spacial score (nSPS) is 25.0. The smallest absolute Gasteiger partial charge is 0.150 e. The van der Waals surface area contributed by atoms with Crippen LogP contribution < -0.4 is 0 Å². The van der Waals surface area contributed by atoms with E-state index in [9.17, 15) is 0 Å². The maximum Gasteiger partial charge on any atom is 0.150 e. The molecule has 5 nitrogen and oxygen atoms in total. The van der Waals surface area contributed by atoms with Crippen molar-refractivity contribution in [2.45, 2.75) is 51.1 Å². The summed E-state index contributed by atoms with van der Waals surface area (Å²) in [4.78, 5) is 2.17. The third kappa shape index (κ3) is 1.81.